The predicted octanol–water partition coefficient (Wildman–Crippen LogP) is 5.97. The molecular weight excluding hydrogens is 523 g/mol. The maximum Gasteiger partial charge on any atom is 0.321 e. The molecule has 1 saturated heterocycles. The highest BCUT2D eigenvalue weighted by atomic mass is 32.2. The topological polar surface area (TPSA) is 105 Å². The first kappa shape index (κ1) is 27.0. The second kappa shape index (κ2) is 10.9. The zero-order chi connectivity index (χ0) is 27.6. The lowest BCUT2D eigenvalue weighted by atomic mass is 9.71. The largest absolute Gasteiger partial charge is 0.457 e. The first-order chi connectivity index (χ1) is 18.6. The number of likely N-dealkylation sites (tertiary alicyclic amines) is 1. The normalized spacial score (nSPS) is 21.1. The van der Waals surface area contributed by atoms with Crippen molar-refractivity contribution in [2.24, 2.45) is 5.92 Å². The predicted molar refractivity (Wildman–Crippen MR) is 145 cm³/mol. The van der Waals surface area contributed by atoms with Crippen LogP contribution in [0, 0.1) is 11.7 Å². The van der Waals surface area contributed by atoms with E-state index in [-0.39, 0.29) is 16.8 Å². The first-order valence-corrected chi connectivity index (χ1v) is 14.8. The van der Waals surface area contributed by atoms with Crippen LogP contribution in [0.25, 0.3) is 0 Å². The number of urea groups is 1. The van der Waals surface area contributed by atoms with Crippen molar-refractivity contribution in [3.8, 4) is 23.0 Å². The molecule has 5 rings (SSSR count). The monoisotopic (exact) mass is 554 g/mol. The zero-order valence-electron chi connectivity index (χ0n) is 21.6. The molecule has 0 unspecified atom stereocenters. The van der Waals surface area contributed by atoms with Gasteiger partial charge in [-0.25, -0.2) is 17.6 Å². The van der Waals surface area contributed by atoms with E-state index in [9.17, 15) is 22.7 Å². The Kier molecular flexibility index (Phi) is 7.51. The van der Waals surface area contributed by atoms with Gasteiger partial charge in [-0.05, 0) is 67.8 Å². The number of ether oxygens (including phenoxy) is 2. The number of sulfone groups is 1. The second-order valence-corrected chi connectivity index (χ2v) is 12.3. The molecule has 0 spiro atoms. The van der Waals surface area contributed by atoms with Gasteiger partial charge in [0.05, 0.1) is 10.5 Å². The van der Waals surface area contributed by atoms with Gasteiger partial charge in [-0.1, -0.05) is 12.8 Å². The molecule has 39 heavy (non-hydrogen) atoms. The number of amides is 2. The Hall–Kier alpha value is -3.63. The number of hydrogen-bond donors (Lipinski definition) is 2. The Morgan fingerprint density at radius 2 is 1.56 bits per heavy atom. The summed E-state index contributed by atoms with van der Waals surface area (Å²) in [5, 5.41) is 13.9. The lowest BCUT2D eigenvalue weighted by Crippen LogP contribution is -2.55. The third kappa shape index (κ3) is 6.51. The van der Waals surface area contributed by atoms with Crippen molar-refractivity contribution in [2.75, 3.05) is 24.7 Å². The van der Waals surface area contributed by atoms with Crippen LogP contribution in [0.15, 0.2) is 71.6 Å². The number of nitrogens with one attached hydrogen (secondary N) is 1. The van der Waals surface area contributed by atoms with Crippen LogP contribution in [0.1, 0.15) is 32.1 Å². The van der Waals surface area contributed by atoms with Crippen molar-refractivity contribution < 1.29 is 32.2 Å². The fourth-order valence-electron chi connectivity index (χ4n) is 5.25. The summed E-state index contributed by atoms with van der Waals surface area (Å²) in [6.45, 7) is 0.949. The van der Waals surface area contributed by atoms with Gasteiger partial charge >= 0.3 is 6.03 Å². The average molecular weight is 555 g/mol. The minimum Gasteiger partial charge on any atom is -0.457 e. The molecule has 2 amide bonds. The summed E-state index contributed by atoms with van der Waals surface area (Å²) in [5.74, 6) is 1.16. The lowest BCUT2D eigenvalue weighted by molar-refractivity contribution is -0.0863. The summed E-state index contributed by atoms with van der Waals surface area (Å²) in [7, 11) is -3.35. The van der Waals surface area contributed by atoms with Gasteiger partial charge in [-0.15, -0.1) is 0 Å². The summed E-state index contributed by atoms with van der Waals surface area (Å²) < 4.78 is 48.8. The minimum atomic E-state index is -3.35. The third-order valence-corrected chi connectivity index (χ3v) is 8.51. The number of benzene rings is 3. The molecule has 2 N–H and O–H groups in total. The SMILES string of the molecule is CS(=O)(=O)c1ccc(Oc2cc(NC(=O)N3CC[C@@]4(O)CCCC[C@H]4C3)cc(Oc3ccc(F)cc3)c2)cc1. The van der Waals surface area contributed by atoms with Crippen LogP contribution in [0.2, 0.25) is 0 Å². The molecule has 8 nitrogen and oxygen atoms in total. The van der Waals surface area contributed by atoms with Gasteiger partial charge in [0.2, 0.25) is 0 Å². The first-order valence-electron chi connectivity index (χ1n) is 12.9. The van der Waals surface area contributed by atoms with Crippen molar-refractivity contribution in [3.63, 3.8) is 0 Å². The molecular formula is C29H31FN2O6S. The van der Waals surface area contributed by atoms with E-state index in [1.807, 2.05) is 0 Å². The highest BCUT2D eigenvalue weighted by molar-refractivity contribution is 7.90. The standard InChI is InChI=1S/C29H31FN2O6S/c1-39(35,36)27-11-9-24(10-12-27)38-26-17-22(16-25(18-26)37-23-7-5-21(30)6-8-23)31-28(33)32-15-14-29(34)13-3-2-4-20(29)19-32/h5-12,16-18,20,34H,2-4,13-15,19H2,1H3,(H,31,33)/t20-,29-/m0/s1. The fourth-order valence-corrected chi connectivity index (χ4v) is 5.88. The molecule has 1 heterocycles. The van der Waals surface area contributed by atoms with Gasteiger partial charge in [-0.2, -0.15) is 0 Å². The number of anilines is 1. The molecule has 2 aliphatic rings. The molecule has 1 aliphatic heterocycles. The van der Waals surface area contributed by atoms with Crippen LogP contribution in [0.4, 0.5) is 14.9 Å². The van der Waals surface area contributed by atoms with Crippen molar-refractivity contribution in [1.82, 2.24) is 4.90 Å². The Morgan fingerprint density at radius 3 is 2.18 bits per heavy atom. The van der Waals surface area contributed by atoms with E-state index in [0.29, 0.717) is 48.2 Å². The van der Waals surface area contributed by atoms with Crippen LogP contribution in [0.3, 0.4) is 0 Å². The molecule has 3 aromatic rings. The molecule has 1 aliphatic carbocycles. The van der Waals surface area contributed by atoms with Gasteiger partial charge in [0.15, 0.2) is 9.84 Å². The number of hydrogen-bond acceptors (Lipinski definition) is 6. The minimum absolute atomic E-state index is 0.0627. The number of aliphatic hydroxyl groups is 1. The summed E-state index contributed by atoms with van der Waals surface area (Å²) in [5.41, 5.74) is -0.266. The van der Waals surface area contributed by atoms with Crippen molar-refractivity contribution in [2.45, 2.75) is 42.6 Å². The van der Waals surface area contributed by atoms with Gasteiger partial charge < -0.3 is 24.8 Å². The third-order valence-electron chi connectivity index (χ3n) is 7.38. The molecule has 0 bridgehead atoms. The van der Waals surface area contributed by atoms with E-state index >= 15 is 0 Å². The van der Waals surface area contributed by atoms with Gasteiger partial charge in [0, 0.05) is 49.1 Å². The van der Waals surface area contributed by atoms with Gasteiger partial charge in [-0.3, -0.25) is 0 Å². The van der Waals surface area contributed by atoms with E-state index < -0.39 is 21.3 Å². The number of carbonyl (C=O) groups excluding carboxylic acids is 1. The summed E-state index contributed by atoms with van der Waals surface area (Å²) >= 11 is 0. The number of carbonyl (C=O) groups is 1. The number of halogens is 1. The number of fused-ring (bicyclic) bond motifs is 1. The van der Waals surface area contributed by atoms with E-state index in [1.165, 1.54) is 36.4 Å². The van der Waals surface area contributed by atoms with Crippen molar-refractivity contribution in [1.29, 1.82) is 0 Å². The van der Waals surface area contributed by atoms with Crippen LogP contribution in [0.5, 0.6) is 23.0 Å². The lowest BCUT2D eigenvalue weighted by Gasteiger charge is -2.47. The molecule has 10 heteroatoms. The Bertz CT molecular complexity index is 1450. The molecule has 0 radical (unpaired) electrons. The molecule has 206 valence electrons. The molecule has 3 aromatic carbocycles. The second-order valence-electron chi connectivity index (χ2n) is 10.3. The molecule has 2 atom stereocenters. The Labute approximate surface area is 227 Å². The quantitative estimate of drug-likeness (QED) is 0.389. The van der Waals surface area contributed by atoms with Crippen molar-refractivity contribution in [3.05, 3.63) is 72.5 Å². The number of piperidine rings is 1. The van der Waals surface area contributed by atoms with Gasteiger partial charge in [0.1, 0.15) is 28.8 Å². The summed E-state index contributed by atoms with van der Waals surface area (Å²) in [4.78, 5) is 15.1. The van der Waals surface area contributed by atoms with Crippen molar-refractivity contribution >= 4 is 21.6 Å². The smallest absolute Gasteiger partial charge is 0.321 e. The summed E-state index contributed by atoms with van der Waals surface area (Å²) in [6, 6.07) is 16.1. The molecule has 0 aromatic heterocycles. The van der Waals surface area contributed by atoms with Crippen LogP contribution >= 0.6 is 0 Å². The Morgan fingerprint density at radius 1 is 0.949 bits per heavy atom. The van der Waals surface area contributed by atoms with E-state index in [2.05, 4.69) is 5.32 Å². The zero-order valence-corrected chi connectivity index (χ0v) is 22.4. The average Bonchev–Trinajstić information content (AvgIpc) is 2.89. The van der Waals surface area contributed by atoms with Crippen LogP contribution in [-0.4, -0.2) is 49.4 Å². The summed E-state index contributed by atoms with van der Waals surface area (Å²) in [6.07, 6.45) is 5.43. The van der Waals surface area contributed by atoms with E-state index in [0.717, 1.165) is 31.9 Å². The number of nitrogens with zero attached hydrogens (tertiary/aromatic N) is 1. The highest BCUT2D eigenvalue weighted by Crippen LogP contribution is 2.40. The maximum absolute atomic E-state index is 13.4. The van der Waals surface area contributed by atoms with Crippen LogP contribution < -0.4 is 14.8 Å². The number of rotatable bonds is 6. The van der Waals surface area contributed by atoms with Gasteiger partial charge in [0.25, 0.3) is 0 Å². The Balaban J connectivity index is 1.36. The maximum atomic E-state index is 13.4. The van der Waals surface area contributed by atoms with Crippen LogP contribution in [-0.2, 0) is 9.84 Å². The fraction of sp³-hybridized carbons (Fsp3) is 0.345. The molecule has 1 saturated carbocycles. The van der Waals surface area contributed by atoms with E-state index in [4.69, 9.17) is 9.47 Å². The van der Waals surface area contributed by atoms with E-state index in [1.54, 1.807) is 35.2 Å². The molecule has 2 fully saturated rings. The highest BCUT2D eigenvalue weighted by Gasteiger charge is 2.43.